The maximum atomic E-state index is 13.3. The van der Waals surface area contributed by atoms with Crippen molar-refractivity contribution in [3.05, 3.63) is 47.3 Å². The number of carbonyl (C=O) groups excluding carboxylic acids is 1. The SMILES string of the molecule is O=C(O)c1cn(CCNC(=O)c2ccc(F)cc2F)nn1. The zero-order valence-corrected chi connectivity index (χ0v) is 10.6. The minimum absolute atomic E-state index is 0.0814. The molecule has 2 aromatic rings. The van der Waals surface area contributed by atoms with E-state index >= 15 is 0 Å². The molecule has 0 saturated heterocycles. The van der Waals surface area contributed by atoms with Crippen LogP contribution in [0.1, 0.15) is 20.8 Å². The number of aromatic nitrogens is 3. The number of benzene rings is 1. The molecule has 0 aliphatic heterocycles. The Morgan fingerprint density at radius 2 is 2.10 bits per heavy atom. The summed E-state index contributed by atoms with van der Waals surface area (Å²) >= 11 is 0. The van der Waals surface area contributed by atoms with Gasteiger partial charge >= 0.3 is 5.97 Å². The van der Waals surface area contributed by atoms with Crippen LogP contribution in [0, 0.1) is 11.6 Å². The highest BCUT2D eigenvalue weighted by Crippen LogP contribution is 2.09. The molecule has 1 aromatic carbocycles. The number of aromatic carboxylic acids is 1. The smallest absolute Gasteiger partial charge is 0.358 e. The summed E-state index contributed by atoms with van der Waals surface area (Å²) in [6.07, 6.45) is 1.20. The highest BCUT2D eigenvalue weighted by Gasteiger charge is 2.12. The molecule has 110 valence electrons. The Hall–Kier alpha value is -2.84. The van der Waals surface area contributed by atoms with Crippen molar-refractivity contribution in [2.24, 2.45) is 0 Å². The summed E-state index contributed by atoms with van der Waals surface area (Å²) in [6.45, 7) is 0.243. The predicted octanol–water partition coefficient (Wildman–Crippen LogP) is 0.684. The van der Waals surface area contributed by atoms with Gasteiger partial charge in [-0.2, -0.15) is 0 Å². The van der Waals surface area contributed by atoms with Crippen LogP contribution in [0.3, 0.4) is 0 Å². The van der Waals surface area contributed by atoms with Crippen LogP contribution >= 0.6 is 0 Å². The summed E-state index contributed by atoms with van der Waals surface area (Å²) < 4.78 is 27.3. The van der Waals surface area contributed by atoms with E-state index in [9.17, 15) is 18.4 Å². The van der Waals surface area contributed by atoms with E-state index in [4.69, 9.17) is 5.11 Å². The lowest BCUT2D eigenvalue weighted by atomic mass is 10.2. The van der Waals surface area contributed by atoms with Gasteiger partial charge in [0.25, 0.3) is 5.91 Å². The largest absolute Gasteiger partial charge is 0.476 e. The summed E-state index contributed by atoms with van der Waals surface area (Å²) in [5, 5.41) is 18.0. The maximum absolute atomic E-state index is 13.3. The topological polar surface area (TPSA) is 97.1 Å². The highest BCUT2D eigenvalue weighted by molar-refractivity contribution is 5.94. The van der Waals surface area contributed by atoms with E-state index in [1.165, 1.54) is 10.9 Å². The van der Waals surface area contributed by atoms with Gasteiger partial charge in [-0.3, -0.25) is 4.79 Å². The molecule has 1 amide bonds. The normalized spacial score (nSPS) is 10.4. The molecule has 1 aromatic heterocycles. The highest BCUT2D eigenvalue weighted by atomic mass is 19.1. The molecule has 0 atom stereocenters. The van der Waals surface area contributed by atoms with Crippen molar-refractivity contribution >= 4 is 11.9 Å². The first-order valence-electron chi connectivity index (χ1n) is 5.84. The number of carbonyl (C=O) groups is 2. The van der Waals surface area contributed by atoms with Crippen LogP contribution in [0.4, 0.5) is 8.78 Å². The second-order valence-corrected chi connectivity index (χ2v) is 4.05. The number of halogens is 2. The number of nitrogens with one attached hydrogen (secondary N) is 1. The zero-order valence-electron chi connectivity index (χ0n) is 10.6. The molecule has 7 nitrogen and oxygen atoms in total. The maximum Gasteiger partial charge on any atom is 0.358 e. The molecule has 0 saturated carbocycles. The zero-order chi connectivity index (χ0) is 15.4. The van der Waals surface area contributed by atoms with Crippen LogP contribution in [-0.2, 0) is 6.54 Å². The Morgan fingerprint density at radius 3 is 2.71 bits per heavy atom. The first kappa shape index (κ1) is 14.6. The molecule has 0 bridgehead atoms. The Labute approximate surface area is 117 Å². The number of hydrogen-bond donors (Lipinski definition) is 2. The summed E-state index contributed by atoms with van der Waals surface area (Å²) in [5.41, 5.74) is -0.493. The van der Waals surface area contributed by atoms with E-state index < -0.39 is 23.5 Å². The average molecular weight is 296 g/mol. The Bertz CT molecular complexity index is 687. The molecule has 0 spiro atoms. The van der Waals surface area contributed by atoms with E-state index in [0.29, 0.717) is 6.07 Å². The summed E-state index contributed by atoms with van der Waals surface area (Å²) in [5.74, 6) is -3.64. The van der Waals surface area contributed by atoms with Crippen molar-refractivity contribution in [1.82, 2.24) is 20.3 Å². The number of amides is 1. The molecule has 21 heavy (non-hydrogen) atoms. The van der Waals surface area contributed by atoms with Gasteiger partial charge in [-0.05, 0) is 12.1 Å². The predicted molar refractivity (Wildman–Crippen MR) is 65.7 cm³/mol. The summed E-state index contributed by atoms with van der Waals surface area (Å²) in [4.78, 5) is 22.3. The van der Waals surface area contributed by atoms with Gasteiger partial charge in [-0.15, -0.1) is 5.10 Å². The Balaban J connectivity index is 1.90. The third-order valence-electron chi connectivity index (χ3n) is 2.56. The first-order chi connectivity index (χ1) is 9.97. The van der Waals surface area contributed by atoms with Gasteiger partial charge in [0.05, 0.1) is 18.3 Å². The fourth-order valence-electron chi connectivity index (χ4n) is 1.56. The molecular formula is C12H10F2N4O3. The molecule has 1 heterocycles. The third-order valence-corrected chi connectivity index (χ3v) is 2.56. The molecular weight excluding hydrogens is 286 g/mol. The molecule has 9 heteroatoms. The molecule has 0 fully saturated rings. The van der Waals surface area contributed by atoms with Crippen LogP contribution in [0.2, 0.25) is 0 Å². The van der Waals surface area contributed by atoms with E-state index in [-0.39, 0.29) is 24.3 Å². The van der Waals surface area contributed by atoms with Gasteiger partial charge in [0.1, 0.15) is 11.6 Å². The van der Waals surface area contributed by atoms with E-state index in [1.807, 2.05) is 0 Å². The average Bonchev–Trinajstić information content (AvgIpc) is 2.87. The quantitative estimate of drug-likeness (QED) is 0.846. The van der Waals surface area contributed by atoms with Crippen molar-refractivity contribution in [3.8, 4) is 0 Å². The molecule has 0 aliphatic carbocycles. The molecule has 2 N–H and O–H groups in total. The lowest BCUT2D eigenvalue weighted by Crippen LogP contribution is -2.28. The summed E-state index contributed by atoms with van der Waals surface area (Å²) in [7, 11) is 0. The Morgan fingerprint density at radius 1 is 1.33 bits per heavy atom. The van der Waals surface area contributed by atoms with Crippen molar-refractivity contribution < 1.29 is 23.5 Å². The van der Waals surface area contributed by atoms with Crippen molar-refractivity contribution in [2.75, 3.05) is 6.54 Å². The van der Waals surface area contributed by atoms with Crippen LogP contribution in [-0.4, -0.2) is 38.5 Å². The lowest BCUT2D eigenvalue weighted by molar-refractivity contribution is 0.0690. The van der Waals surface area contributed by atoms with Crippen molar-refractivity contribution in [2.45, 2.75) is 6.54 Å². The van der Waals surface area contributed by atoms with Gasteiger partial charge in [-0.1, -0.05) is 5.21 Å². The van der Waals surface area contributed by atoms with E-state index in [2.05, 4.69) is 15.6 Å². The fourth-order valence-corrected chi connectivity index (χ4v) is 1.56. The van der Waals surface area contributed by atoms with Gasteiger partial charge < -0.3 is 10.4 Å². The van der Waals surface area contributed by atoms with Gasteiger partial charge in [0, 0.05) is 12.6 Å². The molecule has 0 unspecified atom stereocenters. The third kappa shape index (κ3) is 3.59. The molecule has 0 aliphatic rings. The number of hydrogen-bond acceptors (Lipinski definition) is 4. The van der Waals surface area contributed by atoms with Gasteiger partial charge in [-0.25, -0.2) is 18.3 Å². The number of carboxylic acid groups (broad SMARTS) is 1. The summed E-state index contributed by atoms with van der Waals surface area (Å²) in [6, 6.07) is 2.64. The standard InChI is InChI=1S/C12H10F2N4O3/c13-7-1-2-8(9(14)5-7)11(19)15-3-4-18-6-10(12(20)21)16-17-18/h1-2,5-6H,3-4H2,(H,15,19)(H,20,21). The van der Waals surface area contributed by atoms with E-state index in [1.54, 1.807) is 0 Å². The fraction of sp³-hybridized carbons (Fsp3) is 0.167. The van der Waals surface area contributed by atoms with Crippen LogP contribution in [0.25, 0.3) is 0 Å². The van der Waals surface area contributed by atoms with Crippen molar-refractivity contribution in [3.63, 3.8) is 0 Å². The lowest BCUT2D eigenvalue weighted by Gasteiger charge is -2.06. The van der Waals surface area contributed by atoms with Crippen LogP contribution in [0.15, 0.2) is 24.4 Å². The first-order valence-corrected chi connectivity index (χ1v) is 5.84. The number of carboxylic acids is 1. The number of nitrogens with zero attached hydrogens (tertiary/aromatic N) is 3. The molecule has 2 rings (SSSR count). The van der Waals surface area contributed by atoms with Gasteiger partial charge in [0.2, 0.25) is 0 Å². The van der Waals surface area contributed by atoms with Crippen LogP contribution < -0.4 is 5.32 Å². The Kier molecular flexibility index (Phi) is 4.21. The monoisotopic (exact) mass is 296 g/mol. The molecule has 0 radical (unpaired) electrons. The van der Waals surface area contributed by atoms with Crippen molar-refractivity contribution in [1.29, 1.82) is 0 Å². The van der Waals surface area contributed by atoms with Crippen LogP contribution in [0.5, 0.6) is 0 Å². The minimum Gasteiger partial charge on any atom is -0.476 e. The second kappa shape index (κ2) is 6.07. The number of rotatable bonds is 5. The second-order valence-electron chi connectivity index (χ2n) is 4.05. The minimum atomic E-state index is -1.21. The van der Waals surface area contributed by atoms with Gasteiger partial charge in [0.15, 0.2) is 5.69 Å². The van der Waals surface area contributed by atoms with E-state index in [0.717, 1.165) is 12.1 Å².